The molecule has 8 heteroatoms. The molecule has 1 aromatic heterocycles. The van der Waals surface area contributed by atoms with Gasteiger partial charge in [-0.25, -0.2) is 14.6 Å². The normalized spacial score (nSPS) is 10.1. The van der Waals surface area contributed by atoms with Crippen molar-refractivity contribution < 1.29 is 14.7 Å². The van der Waals surface area contributed by atoms with Gasteiger partial charge in [0.2, 0.25) is 5.13 Å². The van der Waals surface area contributed by atoms with Crippen molar-refractivity contribution in [2.45, 2.75) is 13.8 Å². The lowest BCUT2D eigenvalue weighted by Crippen LogP contribution is -2.21. The number of carboxylic acids is 1. The van der Waals surface area contributed by atoms with Crippen LogP contribution in [-0.2, 0) is 0 Å². The van der Waals surface area contributed by atoms with Crippen LogP contribution in [0, 0.1) is 13.8 Å². The highest BCUT2D eigenvalue weighted by Crippen LogP contribution is 2.20. The number of carbonyl (C=O) groups is 2. The van der Waals surface area contributed by atoms with E-state index in [9.17, 15) is 9.59 Å². The highest BCUT2D eigenvalue weighted by molar-refractivity contribution is 7.09. The summed E-state index contributed by atoms with van der Waals surface area (Å²) in [6, 6.07) is 4.31. The average molecular weight is 292 g/mol. The maximum atomic E-state index is 11.8. The molecule has 104 valence electrons. The number of carbonyl (C=O) groups excluding carboxylic acids is 1. The second-order valence-corrected chi connectivity index (χ2v) is 4.78. The molecule has 0 fully saturated rings. The maximum absolute atomic E-state index is 11.8. The minimum Gasteiger partial charge on any atom is -0.478 e. The Hall–Kier alpha value is -2.48. The van der Waals surface area contributed by atoms with Crippen molar-refractivity contribution in [3.05, 3.63) is 35.2 Å². The van der Waals surface area contributed by atoms with Crippen LogP contribution in [-0.4, -0.2) is 26.5 Å². The summed E-state index contributed by atoms with van der Waals surface area (Å²) in [5.74, 6) is -0.530. The van der Waals surface area contributed by atoms with Crippen molar-refractivity contribution in [1.82, 2.24) is 9.36 Å². The fraction of sp³-hybridized carbons (Fsp3) is 0.167. The predicted octanol–water partition coefficient (Wildman–Crippen LogP) is 2.50. The number of hydrogen-bond acceptors (Lipinski definition) is 5. The van der Waals surface area contributed by atoms with Crippen molar-refractivity contribution in [3.63, 3.8) is 0 Å². The van der Waals surface area contributed by atoms with Crippen molar-refractivity contribution in [2.75, 3.05) is 10.6 Å². The molecule has 2 rings (SSSR count). The maximum Gasteiger partial charge on any atom is 0.338 e. The van der Waals surface area contributed by atoms with E-state index in [-0.39, 0.29) is 11.3 Å². The Kier molecular flexibility index (Phi) is 3.94. The van der Waals surface area contributed by atoms with E-state index in [0.717, 1.165) is 11.5 Å². The SMILES string of the molecule is Cc1nsc(NC(=O)Nc2cccc(C)c2C(=O)O)n1. The number of aromatic nitrogens is 2. The van der Waals surface area contributed by atoms with Crippen LogP contribution >= 0.6 is 11.5 Å². The zero-order valence-electron chi connectivity index (χ0n) is 10.8. The minimum atomic E-state index is -1.09. The Labute approximate surface area is 118 Å². The van der Waals surface area contributed by atoms with Gasteiger partial charge in [-0.15, -0.1) is 0 Å². The van der Waals surface area contributed by atoms with Gasteiger partial charge in [0.15, 0.2) is 0 Å². The molecule has 7 nitrogen and oxygen atoms in total. The van der Waals surface area contributed by atoms with Crippen LogP contribution in [0.15, 0.2) is 18.2 Å². The summed E-state index contributed by atoms with van der Waals surface area (Å²) < 4.78 is 3.93. The summed E-state index contributed by atoms with van der Waals surface area (Å²) in [7, 11) is 0. The Bertz CT molecular complexity index is 668. The van der Waals surface area contributed by atoms with Crippen LogP contribution in [0.3, 0.4) is 0 Å². The van der Waals surface area contributed by atoms with E-state index in [1.165, 1.54) is 6.07 Å². The third-order valence-electron chi connectivity index (χ3n) is 2.48. The number of carboxylic acid groups (broad SMARTS) is 1. The zero-order valence-corrected chi connectivity index (χ0v) is 11.6. The van der Waals surface area contributed by atoms with Gasteiger partial charge in [-0.05, 0) is 25.5 Å². The Morgan fingerprint density at radius 2 is 2.00 bits per heavy atom. The molecule has 0 unspecified atom stereocenters. The van der Waals surface area contributed by atoms with E-state index in [1.807, 2.05) is 0 Å². The van der Waals surface area contributed by atoms with Gasteiger partial charge in [0, 0.05) is 11.5 Å². The number of aryl methyl sites for hydroxylation is 2. The molecule has 0 saturated carbocycles. The molecule has 0 bridgehead atoms. The minimum absolute atomic E-state index is 0.0658. The van der Waals surface area contributed by atoms with Gasteiger partial charge in [-0.2, -0.15) is 4.37 Å². The molecule has 1 aromatic carbocycles. The number of anilines is 2. The van der Waals surface area contributed by atoms with Crippen molar-refractivity contribution in [1.29, 1.82) is 0 Å². The second kappa shape index (κ2) is 5.66. The molecule has 0 saturated heterocycles. The number of urea groups is 1. The first-order valence-electron chi connectivity index (χ1n) is 5.68. The Morgan fingerprint density at radius 3 is 2.60 bits per heavy atom. The molecule has 2 aromatic rings. The number of nitrogens with one attached hydrogen (secondary N) is 2. The molecular formula is C12H12N4O3S. The topological polar surface area (TPSA) is 104 Å². The molecule has 2 amide bonds. The van der Waals surface area contributed by atoms with Crippen LogP contribution in [0.25, 0.3) is 0 Å². The van der Waals surface area contributed by atoms with Crippen LogP contribution in [0.5, 0.6) is 0 Å². The molecule has 0 aliphatic carbocycles. The summed E-state index contributed by atoms with van der Waals surface area (Å²) in [5, 5.41) is 14.5. The lowest BCUT2D eigenvalue weighted by molar-refractivity contribution is 0.0697. The lowest BCUT2D eigenvalue weighted by atomic mass is 10.1. The summed E-state index contributed by atoms with van der Waals surface area (Å²) in [6.45, 7) is 3.38. The number of nitrogens with zero attached hydrogens (tertiary/aromatic N) is 2. The van der Waals surface area contributed by atoms with Gasteiger partial charge >= 0.3 is 12.0 Å². The first-order valence-corrected chi connectivity index (χ1v) is 6.46. The van der Waals surface area contributed by atoms with Gasteiger partial charge in [-0.3, -0.25) is 5.32 Å². The van der Waals surface area contributed by atoms with Crippen molar-refractivity contribution in [2.24, 2.45) is 0 Å². The molecule has 3 N–H and O–H groups in total. The van der Waals surface area contributed by atoms with E-state index in [2.05, 4.69) is 20.0 Å². The van der Waals surface area contributed by atoms with Crippen LogP contribution in [0.2, 0.25) is 0 Å². The number of hydrogen-bond donors (Lipinski definition) is 3. The van der Waals surface area contributed by atoms with Crippen LogP contribution in [0.4, 0.5) is 15.6 Å². The number of aromatic carboxylic acids is 1. The number of amides is 2. The third kappa shape index (κ3) is 3.09. The summed E-state index contributed by atoms with van der Waals surface area (Å²) >= 11 is 1.05. The monoisotopic (exact) mass is 292 g/mol. The highest BCUT2D eigenvalue weighted by Gasteiger charge is 2.15. The molecular weight excluding hydrogens is 280 g/mol. The molecule has 0 aliphatic rings. The molecule has 1 heterocycles. The predicted molar refractivity (Wildman–Crippen MR) is 75.4 cm³/mol. The Morgan fingerprint density at radius 1 is 1.25 bits per heavy atom. The summed E-state index contributed by atoms with van der Waals surface area (Å²) in [6.07, 6.45) is 0. The number of rotatable bonds is 3. The fourth-order valence-electron chi connectivity index (χ4n) is 1.65. The lowest BCUT2D eigenvalue weighted by Gasteiger charge is -2.10. The van der Waals surface area contributed by atoms with Gasteiger partial charge in [0.05, 0.1) is 11.3 Å². The third-order valence-corrected chi connectivity index (χ3v) is 3.20. The summed E-state index contributed by atoms with van der Waals surface area (Å²) in [5.41, 5.74) is 0.870. The van der Waals surface area contributed by atoms with Crippen LogP contribution < -0.4 is 10.6 Å². The van der Waals surface area contributed by atoms with E-state index >= 15 is 0 Å². The molecule has 0 atom stereocenters. The van der Waals surface area contributed by atoms with E-state index in [4.69, 9.17) is 5.11 Å². The largest absolute Gasteiger partial charge is 0.478 e. The first-order chi connectivity index (χ1) is 9.47. The fourth-order valence-corrected chi connectivity index (χ4v) is 2.23. The molecule has 0 radical (unpaired) electrons. The van der Waals surface area contributed by atoms with Gasteiger partial charge in [0.1, 0.15) is 5.82 Å². The smallest absolute Gasteiger partial charge is 0.338 e. The average Bonchev–Trinajstić information content (AvgIpc) is 2.74. The molecule has 20 heavy (non-hydrogen) atoms. The second-order valence-electron chi connectivity index (χ2n) is 4.03. The first kappa shape index (κ1) is 13.9. The zero-order chi connectivity index (χ0) is 14.7. The Balaban J connectivity index is 2.16. The van der Waals surface area contributed by atoms with Gasteiger partial charge in [-0.1, -0.05) is 12.1 Å². The molecule has 0 aliphatic heterocycles. The van der Waals surface area contributed by atoms with E-state index in [0.29, 0.717) is 16.5 Å². The van der Waals surface area contributed by atoms with Crippen molar-refractivity contribution in [3.8, 4) is 0 Å². The number of benzene rings is 1. The summed E-state index contributed by atoms with van der Waals surface area (Å²) in [4.78, 5) is 27.0. The molecule has 0 spiro atoms. The highest BCUT2D eigenvalue weighted by atomic mass is 32.1. The standard InChI is InChI=1S/C12H12N4O3S/c1-6-4-3-5-8(9(6)10(17)18)14-11(19)15-12-13-7(2)16-20-12/h3-5H,1-2H3,(H,17,18)(H2,13,14,15,16,19). The van der Waals surface area contributed by atoms with E-state index in [1.54, 1.807) is 26.0 Å². The van der Waals surface area contributed by atoms with Crippen LogP contribution in [0.1, 0.15) is 21.7 Å². The van der Waals surface area contributed by atoms with Gasteiger partial charge in [0.25, 0.3) is 0 Å². The van der Waals surface area contributed by atoms with E-state index < -0.39 is 12.0 Å². The van der Waals surface area contributed by atoms with Gasteiger partial charge < -0.3 is 10.4 Å². The quantitative estimate of drug-likeness (QED) is 0.806. The van der Waals surface area contributed by atoms with Crippen molar-refractivity contribution >= 4 is 34.4 Å².